The maximum atomic E-state index is 6.34. The maximum absolute atomic E-state index is 6.34. The molecule has 2 aliphatic rings. The standard InChI is InChI=1S/C16H22ClNO3/c1-19-14-8-11(10-18)7-13(17)15(14)21-12-3-6-20-16(9-12)4-2-5-16/h7-8,12H,2-6,9-10,18H2,1H3. The molecule has 0 bridgehead atoms. The third-order valence-corrected chi connectivity index (χ3v) is 4.80. The molecule has 1 spiro atoms. The maximum Gasteiger partial charge on any atom is 0.180 e. The van der Waals surface area contributed by atoms with Crippen LogP contribution in [0.3, 0.4) is 0 Å². The molecule has 0 amide bonds. The van der Waals surface area contributed by atoms with E-state index in [-0.39, 0.29) is 11.7 Å². The lowest BCUT2D eigenvalue weighted by Gasteiger charge is -2.47. The molecule has 1 aliphatic carbocycles. The number of halogens is 1. The summed E-state index contributed by atoms with van der Waals surface area (Å²) in [5.41, 5.74) is 6.66. The molecule has 0 aromatic heterocycles. The molecule has 1 saturated carbocycles. The second-order valence-electron chi connectivity index (χ2n) is 5.93. The highest BCUT2D eigenvalue weighted by Gasteiger charge is 2.43. The van der Waals surface area contributed by atoms with Crippen molar-refractivity contribution in [2.24, 2.45) is 5.73 Å². The van der Waals surface area contributed by atoms with E-state index in [0.717, 1.165) is 37.9 Å². The first-order chi connectivity index (χ1) is 10.2. The predicted octanol–water partition coefficient (Wildman–Crippen LogP) is 3.29. The molecular formula is C16H22ClNO3. The van der Waals surface area contributed by atoms with Crippen LogP contribution in [-0.2, 0) is 11.3 Å². The van der Waals surface area contributed by atoms with E-state index in [4.69, 9.17) is 31.5 Å². The normalized spacial score (nSPS) is 23.7. The highest BCUT2D eigenvalue weighted by atomic mass is 35.5. The van der Waals surface area contributed by atoms with Gasteiger partial charge < -0.3 is 19.9 Å². The molecule has 4 nitrogen and oxygen atoms in total. The minimum absolute atomic E-state index is 0.0554. The van der Waals surface area contributed by atoms with Crippen molar-refractivity contribution in [1.29, 1.82) is 0 Å². The fourth-order valence-corrected chi connectivity index (χ4v) is 3.45. The number of benzene rings is 1. The molecule has 1 aromatic carbocycles. The molecule has 1 aromatic rings. The minimum Gasteiger partial charge on any atom is -0.493 e. The molecule has 2 fully saturated rings. The van der Waals surface area contributed by atoms with E-state index >= 15 is 0 Å². The Bertz CT molecular complexity index is 516. The topological polar surface area (TPSA) is 53.7 Å². The Hall–Kier alpha value is -0.970. The summed E-state index contributed by atoms with van der Waals surface area (Å²) in [6, 6.07) is 3.73. The molecule has 116 valence electrons. The van der Waals surface area contributed by atoms with Crippen molar-refractivity contribution >= 4 is 11.6 Å². The Balaban J connectivity index is 1.77. The van der Waals surface area contributed by atoms with Gasteiger partial charge >= 0.3 is 0 Å². The van der Waals surface area contributed by atoms with Crippen molar-refractivity contribution in [3.63, 3.8) is 0 Å². The van der Waals surface area contributed by atoms with Gasteiger partial charge in [-0.3, -0.25) is 0 Å². The van der Waals surface area contributed by atoms with Crippen molar-refractivity contribution in [2.45, 2.75) is 50.4 Å². The van der Waals surface area contributed by atoms with Crippen LogP contribution < -0.4 is 15.2 Å². The largest absolute Gasteiger partial charge is 0.493 e. The minimum atomic E-state index is 0.0554. The zero-order valence-corrected chi connectivity index (χ0v) is 13.1. The van der Waals surface area contributed by atoms with Crippen LogP contribution in [0, 0.1) is 0 Å². The second kappa shape index (κ2) is 6.03. The van der Waals surface area contributed by atoms with Crippen LogP contribution >= 0.6 is 11.6 Å². The Morgan fingerprint density at radius 3 is 2.86 bits per heavy atom. The van der Waals surface area contributed by atoms with Gasteiger partial charge in [0.25, 0.3) is 0 Å². The van der Waals surface area contributed by atoms with Gasteiger partial charge in [0.15, 0.2) is 11.5 Å². The van der Waals surface area contributed by atoms with Crippen molar-refractivity contribution < 1.29 is 14.2 Å². The molecule has 1 aliphatic heterocycles. The van der Waals surface area contributed by atoms with Gasteiger partial charge in [-0.25, -0.2) is 0 Å². The summed E-state index contributed by atoms with van der Waals surface area (Å²) < 4.78 is 17.5. The first kappa shape index (κ1) is 14.9. The lowest BCUT2D eigenvalue weighted by atomic mass is 9.74. The Labute approximate surface area is 130 Å². The van der Waals surface area contributed by atoms with Gasteiger partial charge in [0.1, 0.15) is 6.10 Å². The van der Waals surface area contributed by atoms with E-state index in [9.17, 15) is 0 Å². The molecule has 1 heterocycles. The van der Waals surface area contributed by atoms with E-state index < -0.39 is 0 Å². The summed E-state index contributed by atoms with van der Waals surface area (Å²) in [6.45, 7) is 1.18. The number of ether oxygens (including phenoxy) is 3. The summed E-state index contributed by atoms with van der Waals surface area (Å²) in [4.78, 5) is 0. The van der Waals surface area contributed by atoms with E-state index in [1.165, 1.54) is 6.42 Å². The average molecular weight is 312 g/mol. The number of methoxy groups -OCH3 is 1. The van der Waals surface area contributed by atoms with Crippen LogP contribution in [-0.4, -0.2) is 25.4 Å². The van der Waals surface area contributed by atoms with Gasteiger partial charge in [-0.1, -0.05) is 11.6 Å². The van der Waals surface area contributed by atoms with E-state index in [1.54, 1.807) is 7.11 Å². The quantitative estimate of drug-likeness (QED) is 0.927. The van der Waals surface area contributed by atoms with Crippen LogP contribution in [0.15, 0.2) is 12.1 Å². The Morgan fingerprint density at radius 2 is 2.24 bits per heavy atom. The van der Waals surface area contributed by atoms with Crippen LogP contribution in [0.2, 0.25) is 5.02 Å². The molecule has 1 unspecified atom stereocenters. The summed E-state index contributed by atoms with van der Waals surface area (Å²) in [5, 5.41) is 0.559. The van der Waals surface area contributed by atoms with Gasteiger partial charge in [0.05, 0.1) is 24.3 Å². The SMILES string of the molecule is COc1cc(CN)cc(Cl)c1OC1CCOC2(CCC2)C1. The molecule has 0 radical (unpaired) electrons. The zero-order chi connectivity index (χ0) is 14.9. The summed E-state index contributed by atoms with van der Waals surface area (Å²) >= 11 is 6.34. The summed E-state index contributed by atoms with van der Waals surface area (Å²) in [6.07, 6.45) is 5.50. The fraction of sp³-hybridized carbons (Fsp3) is 0.625. The van der Waals surface area contributed by atoms with Gasteiger partial charge in [-0.2, -0.15) is 0 Å². The summed E-state index contributed by atoms with van der Waals surface area (Å²) in [5.74, 6) is 1.27. The van der Waals surface area contributed by atoms with Gasteiger partial charge in [0, 0.05) is 19.4 Å². The second-order valence-corrected chi connectivity index (χ2v) is 6.34. The van der Waals surface area contributed by atoms with Crippen molar-refractivity contribution in [3.8, 4) is 11.5 Å². The Morgan fingerprint density at radius 1 is 1.43 bits per heavy atom. The lowest BCUT2D eigenvalue weighted by molar-refractivity contribution is -0.153. The van der Waals surface area contributed by atoms with E-state index in [1.807, 2.05) is 12.1 Å². The number of hydrogen-bond donors (Lipinski definition) is 1. The molecule has 2 N–H and O–H groups in total. The molecule has 21 heavy (non-hydrogen) atoms. The number of hydrogen-bond acceptors (Lipinski definition) is 4. The number of rotatable bonds is 4. The van der Waals surface area contributed by atoms with Crippen LogP contribution in [0.5, 0.6) is 11.5 Å². The third-order valence-electron chi connectivity index (χ3n) is 4.52. The first-order valence-corrected chi connectivity index (χ1v) is 7.91. The van der Waals surface area contributed by atoms with Crippen LogP contribution in [0.4, 0.5) is 0 Å². The molecule has 1 saturated heterocycles. The van der Waals surface area contributed by atoms with Gasteiger partial charge in [0.2, 0.25) is 0 Å². The molecular weight excluding hydrogens is 290 g/mol. The lowest BCUT2D eigenvalue weighted by Crippen LogP contribution is -2.48. The Kier molecular flexibility index (Phi) is 4.29. The van der Waals surface area contributed by atoms with Crippen molar-refractivity contribution in [3.05, 3.63) is 22.7 Å². The van der Waals surface area contributed by atoms with Gasteiger partial charge in [-0.05, 0) is 37.0 Å². The van der Waals surface area contributed by atoms with Crippen LogP contribution in [0.25, 0.3) is 0 Å². The monoisotopic (exact) mass is 311 g/mol. The highest BCUT2D eigenvalue weighted by Crippen LogP contribution is 2.45. The molecule has 5 heteroatoms. The average Bonchev–Trinajstić information content (AvgIpc) is 2.47. The summed E-state index contributed by atoms with van der Waals surface area (Å²) in [7, 11) is 1.62. The van der Waals surface area contributed by atoms with E-state index in [0.29, 0.717) is 23.1 Å². The zero-order valence-electron chi connectivity index (χ0n) is 12.4. The fourth-order valence-electron chi connectivity index (χ4n) is 3.18. The third kappa shape index (κ3) is 2.98. The molecule has 1 atom stereocenters. The predicted molar refractivity (Wildman–Crippen MR) is 82.1 cm³/mol. The molecule has 3 rings (SSSR count). The van der Waals surface area contributed by atoms with E-state index in [2.05, 4.69) is 0 Å². The first-order valence-electron chi connectivity index (χ1n) is 7.53. The van der Waals surface area contributed by atoms with Gasteiger partial charge in [-0.15, -0.1) is 0 Å². The van der Waals surface area contributed by atoms with Crippen molar-refractivity contribution in [1.82, 2.24) is 0 Å². The highest BCUT2D eigenvalue weighted by molar-refractivity contribution is 6.32. The van der Waals surface area contributed by atoms with Crippen molar-refractivity contribution in [2.75, 3.05) is 13.7 Å². The van der Waals surface area contributed by atoms with Crippen LogP contribution in [0.1, 0.15) is 37.7 Å². The smallest absolute Gasteiger partial charge is 0.180 e. The number of nitrogens with two attached hydrogens (primary N) is 1.